The molecule has 0 saturated carbocycles. The lowest BCUT2D eigenvalue weighted by molar-refractivity contribution is -0.130. The van der Waals surface area contributed by atoms with Crippen molar-refractivity contribution in [2.45, 2.75) is 12.5 Å². The van der Waals surface area contributed by atoms with Crippen LogP contribution in [0.15, 0.2) is 54.7 Å². The van der Waals surface area contributed by atoms with Gasteiger partial charge in [0.2, 0.25) is 5.91 Å². The van der Waals surface area contributed by atoms with E-state index in [0.717, 1.165) is 37.6 Å². The molecular weight excluding hydrogens is 314 g/mol. The summed E-state index contributed by atoms with van der Waals surface area (Å²) in [6.45, 7) is 3.11. The first-order valence-corrected chi connectivity index (χ1v) is 8.88. The number of likely N-dealkylation sites (tertiary alicyclic amines) is 1. The number of benzene rings is 1. The molecule has 25 heavy (non-hydrogen) atoms. The monoisotopic (exact) mass is 337 g/mol. The molecule has 2 aliphatic heterocycles. The van der Waals surface area contributed by atoms with Crippen LogP contribution in [0.5, 0.6) is 0 Å². The molecule has 2 aromatic rings. The van der Waals surface area contributed by atoms with Crippen molar-refractivity contribution >= 4 is 11.7 Å². The second kappa shape index (κ2) is 7.23. The van der Waals surface area contributed by atoms with Crippen molar-refractivity contribution < 1.29 is 9.53 Å². The van der Waals surface area contributed by atoms with Crippen LogP contribution in [0.3, 0.4) is 0 Å². The van der Waals surface area contributed by atoms with Crippen molar-refractivity contribution in [3.63, 3.8) is 0 Å². The zero-order chi connectivity index (χ0) is 17.1. The van der Waals surface area contributed by atoms with Crippen molar-refractivity contribution in [1.29, 1.82) is 0 Å². The highest BCUT2D eigenvalue weighted by Crippen LogP contribution is 2.34. The molecule has 1 N–H and O–H groups in total. The summed E-state index contributed by atoms with van der Waals surface area (Å²) in [7, 11) is 0. The van der Waals surface area contributed by atoms with Gasteiger partial charge in [0, 0.05) is 37.7 Å². The molecule has 0 bridgehead atoms. The Morgan fingerprint density at radius 1 is 1.16 bits per heavy atom. The summed E-state index contributed by atoms with van der Waals surface area (Å²) in [6, 6.07) is 15.8. The van der Waals surface area contributed by atoms with Crippen LogP contribution in [-0.2, 0) is 16.0 Å². The lowest BCUT2D eigenvalue weighted by atomic mass is 9.93. The molecule has 0 radical (unpaired) electrons. The van der Waals surface area contributed by atoms with E-state index in [1.165, 1.54) is 0 Å². The van der Waals surface area contributed by atoms with E-state index >= 15 is 0 Å². The van der Waals surface area contributed by atoms with Gasteiger partial charge in [-0.3, -0.25) is 4.79 Å². The SMILES string of the molecule is O=C(Cc1ccccc1)N1C[C@@H]2[C@H](CNc3ccccn3)CO[C@@H]2C1. The fourth-order valence-electron chi connectivity index (χ4n) is 3.80. The standard InChI is InChI=1S/C20H23N3O2/c24-20(10-15-6-2-1-3-7-15)23-12-17-16(14-25-18(17)13-23)11-22-19-8-4-5-9-21-19/h1-9,16-18H,10-14H2,(H,21,22)/t16-,17-,18-/m1/s1. The van der Waals surface area contributed by atoms with Crippen LogP contribution < -0.4 is 5.32 Å². The average Bonchev–Trinajstić information content (AvgIpc) is 3.23. The maximum atomic E-state index is 12.6. The van der Waals surface area contributed by atoms with Crippen LogP contribution in [-0.4, -0.2) is 48.1 Å². The van der Waals surface area contributed by atoms with E-state index in [2.05, 4.69) is 10.3 Å². The highest BCUT2D eigenvalue weighted by Gasteiger charge is 2.44. The number of aromatic nitrogens is 1. The van der Waals surface area contributed by atoms with Gasteiger partial charge < -0.3 is 15.0 Å². The van der Waals surface area contributed by atoms with E-state index in [-0.39, 0.29) is 12.0 Å². The van der Waals surface area contributed by atoms with E-state index in [0.29, 0.717) is 18.3 Å². The number of pyridine rings is 1. The molecule has 2 fully saturated rings. The van der Waals surface area contributed by atoms with E-state index in [4.69, 9.17) is 4.74 Å². The van der Waals surface area contributed by atoms with Gasteiger partial charge in [0.25, 0.3) is 0 Å². The van der Waals surface area contributed by atoms with E-state index in [1.807, 2.05) is 53.4 Å². The Morgan fingerprint density at radius 2 is 2.00 bits per heavy atom. The number of nitrogens with zero attached hydrogens (tertiary/aromatic N) is 2. The number of fused-ring (bicyclic) bond motifs is 1. The number of carbonyl (C=O) groups excluding carboxylic acids is 1. The van der Waals surface area contributed by atoms with Gasteiger partial charge in [-0.05, 0) is 17.7 Å². The van der Waals surface area contributed by atoms with Crippen LogP contribution in [0, 0.1) is 11.8 Å². The predicted octanol–water partition coefficient (Wildman–Crippen LogP) is 2.21. The first-order valence-electron chi connectivity index (χ1n) is 8.88. The molecule has 2 saturated heterocycles. The molecule has 0 spiro atoms. The number of carbonyl (C=O) groups is 1. The number of nitrogens with one attached hydrogen (secondary N) is 1. The molecular formula is C20H23N3O2. The molecule has 0 aliphatic carbocycles. The van der Waals surface area contributed by atoms with Gasteiger partial charge in [0.05, 0.1) is 19.1 Å². The molecule has 0 unspecified atom stereocenters. The number of hydrogen-bond donors (Lipinski definition) is 1. The van der Waals surface area contributed by atoms with Crippen molar-refractivity contribution in [3.05, 3.63) is 60.3 Å². The molecule has 1 aromatic carbocycles. The van der Waals surface area contributed by atoms with E-state index in [1.54, 1.807) is 6.20 Å². The first-order chi connectivity index (χ1) is 12.3. The Bertz CT molecular complexity index is 707. The Kier molecular flexibility index (Phi) is 4.65. The smallest absolute Gasteiger partial charge is 0.227 e. The quantitative estimate of drug-likeness (QED) is 0.909. The minimum absolute atomic E-state index is 0.176. The number of anilines is 1. The van der Waals surface area contributed by atoms with Crippen LogP contribution >= 0.6 is 0 Å². The second-order valence-electron chi connectivity index (χ2n) is 6.85. The zero-order valence-corrected chi connectivity index (χ0v) is 14.2. The predicted molar refractivity (Wildman–Crippen MR) is 96.2 cm³/mol. The topological polar surface area (TPSA) is 54.5 Å². The summed E-state index contributed by atoms with van der Waals surface area (Å²) >= 11 is 0. The molecule has 3 heterocycles. The van der Waals surface area contributed by atoms with E-state index in [9.17, 15) is 4.79 Å². The largest absolute Gasteiger partial charge is 0.376 e. The van der Waals surface area contributed by atoms with Gasteiger partial charge in [0.1, 0.15) is 5.82 Å². The Labute approximate surface area is 148 Å². The Morgan fingerprint density at radius 3 is 2.80 bits per heavy atom. The molecule has 1 aromatic heterocycles. The lowest BCUT2D eigenvalue weighted by Gasteiger charge is -2.20. The summed E-state index contributed by atoms with van der Waals surface area (Å²) in [5.41, 5.74) is 1.07. The van der Waals surface area contributed by atoms with Gasteiger partial charge in [-0.2, -0.15) is 0 Å². The van der Waals surface area contributed by atoms with Crippen LogP contribution in [0.4, 0.5) is 5.82 Å². The second-order valence-corrected chi connectivity index (χ2v) is 6.85. The summed E-state index contributed by atoms with van der Waals surface area (Å²) in [5, 5.41) is 3.39. The third-order valence-corrected chi connectivity index (χ3v) is 5.20. The molecule has 130 valence electrons. The van der Waals surface area contributed by atoms with Crippen LogP contribution in [0.25, 0.3) is 0 Å². The summed E-state index contributed by atoms with van der Waals surface area (Å²) < 4.78 is 5.95. The maximum Gasteiger partial charge on any atom is 0.227 e. The van der Waals surface area contributed by atoms with Crippen molar-refractivity contribution in [3.8, 4) is 0 Å². The molecule has 5 heteroatoms. The van der Waals surface area contributed by atoms with Crippen molar-refractivity contribution in [2.24, 2.45) is 11.8 Å². The van der Waals surface area contributed by atoms with Gasteiger partial charge in [0.15, 0.2) is 0 Å². The fourth-order valence-corrected chi connectivity index (χ4v) is 3.80. The Balaban J connectivity index is 1.32. The lowest BCUT2D eigenvalue weighted by Crippen LogP contribution is -2.33. The average molecular weight is 337 g/mol. The van der Waals surface area contributed by atoms with Gasteiger partial charge >= 0.3 is 0 Å². The highest BCUT2D eigenvalue weighted by molar-refractivity contribution is 5.79. The summed E-state index contributed by atoms with van der Waals surface area (Å²) in [5.74, 6) is 1.92. The highest BCUT2D eigenvalue weighted by atomic mass is 16.5. The van der Waals surface area contributed by atoms with Gasteiger partial charge in [-0.1, -0.05) is 36.4 Å². The van der Waals surface area contributed by atoms with Crippen molar-refractivity contribution in [1.82, 2.24) is 9.88 Å². The van der Waals surface area contributed by atoms with Crippen LogP contribution in [0.2, 0.25) is 0 Å². The normalized spacial score (nSPS) is 25.0. The molecule has 4 rings (SSSR count). The minimum Gasteiger partial charge on any atom is -0.376 e. The summed E-state index contributed by atoms with van der Waals surface area (Å²) in [4.78, 5) is 18.8. The number of ether oxygens (including phenoxy) is 1. The number of rotatable bonds is 5. The van der Waals surface area contributed by atoms with Gasteiger partial charge in [-0.15, -0.1) is 0 Å². The first kappa shape index (κ1) is 16.1. The maximum absolute atomic E-state index is 12.6. The molecule has 3 atom stereocenters. The number of hydrogen-bond acceptors (Lipinski definition) is 4. The fraction of sp³-hybridized carbons (Fsp3) is 0.400. The van der Waals surface area contributed by atoms with Crippen LogP contribution in [0.1, 0.15) is 5.56 Å². The Hall–Kier alpha value is -2.40. The third kappa shape index (κ3) is 3.66. The number of amides is 1. The zero-order valence-electron chi connectivity index (χ0n) is 14.2. The third-order valence-electron chi connectivity index (χ3n) is 5.20. The minimum atomic E-state index is 0.176. The molecule has 1 amide bonds. The van der Waals surface area contributed by atoms with E-state index < -0.39 is 0 Å². The molecule has 5 nitrogen and oxygen atoms in total. The molecule has 2 aliphatic rings. The van der Waals surface area contributed by atoms with Crippen molar-refractivity contribution in [2.75, 3.05) is 31.6 Å². The van der Waals surface area contributed by atoms with Gasteiger partial charge in [-0.25, -0.2) is 4.98 Å². The summed E-state index contributed by atoms with van der Waals surface area (Å²) in [6.07, 6.45) is 2.43.